The van der Waals surface area contributed by atoms with Gasteiger partial charge in [-0.3, -0.25) is 9.40 Å². The quantitative estimate of drug-likeness (QED) is 0.942. The van der Waals surface area contributed by atoms with E-state index < -0.39 is 10.0 Å². The lowest BCUT2D eigenvalue weighted by molar-refractivity contribution is 0.598. The first-order valence-electron chi connectivity index (χ1n) is 6.48. The molecule has 108 valence electrons. The number of benzene rings is 1. The minimum atomic E-state index is -3.61. The zero-order valence-corrected chi connectivity index (χ0v) is 13.0. The van der Waals surface area contributed by atoms with Crippen LogP contribution in [0, 0.1) is 20.8 Å². The SMILES string of the molecule is CCn1nc(C)c(S(=O)(=O)Nc2ccc(C)cc2)c1C. The van der Waals surface area contributed by atoms with Crippen molar-refractivity contribution in [2.45, 2.75) is 39.1 Å². The number of sulfonamides is 1. The molecule has 1 aromatic heterocycles. The van der Waals surface area contributed by atoms with Gasteiger partial charge in [0, 0.05) is 12.2 Å². The van der Waals surface area contributed by atoms with Gasteiger partial charge in [0.15, 0.2) is 0 Å². The van der Waals surface area contributed by atoms with Gasteiger partial charge in [0.1, 0.15) is 4.90 Å². The molecule has 0 aliphatic rings. The molecule has 2 rings (SSSR count). The van der Waals surface area contributed by atoms with E-state index in [-0.39, 0.29) is 4.90 Å². The summed E-state index contributed by atoms with van der Waals surface area (Å²) in [7, 11) is -3.61. The highest BCUT2D eigenvalue weighted by Crippen LogP contribution is 2.22. The Morgan fingerprint density at radius 3 is 2.25 bits per heavy atom. The zero-order chi connectivity index (χ0) is 14.9. The Morgan fingerprint density at radius 1 is 1.15 bits per heavy atom. The molecule has 0 saturated carbocycles. The Balaban J connectivity index is 2.40. The molecule has 0 saturated heterocycles. The summed E-state index contributed by atoms with van der Waals surface area (Å²) in [5, 5.41) is 4.25. The maximum Gasteiger partial charge on any atom is 0.265 e. The minimum absolute atomic E-state index is 0.264. The van der Waals surface area contributed by atoms with E-state index in [4.69, 9.17) is 0 Å². The molecule has 1 heterocycles. The van der Waals surface area contributed by atoms with Crippen LogP contribution in [0.25, 0.3) is 0 Å². The van der Waals surface area contributed by atoms with Crippen molar-refractivity contribution in [3.05, 3.63) is 41.2 Å². The van der Waals surface area contributed by atoms with E-state index >= 15 is 0 Å². The Kier molecular flexibility index (Phi) is 3.85. The van der Waals surface area contributed by atoms with Gasteiger partial charge in [-0.15, -0.1) is 0 Å². The molecule has 0 aliphatic carbocycles. The molecule has 1 N–H and O–H groups in total. The van der Waals surface area contributed by atoms with E-state index in [9.17, 15) is 8.42 Å². The molecule has 0 aliphatic heterocycles. The Labute approximate surface area is 119 Å². The predicted octanol–water partition coefficient (Wildman–Crippen LogP) is 2.63. The first-order valence-corrected chi connectivity index (χ1v) is 7.97. The second-order valence-electron chi connectivity index (χ2n) is 4.79. The van der Waals surface area contributed by atoms with Gasteiger partial charge in [0.05, 0.1) is 11.4 Å². The third-order valence-electron chi connectivity index (χ3n) is 3.19. The molecule has 20 heavy (non-hydrogen) atoms. The number of nitrogens with zero attached hydrogens (tertiary/aromatic N) is 2. The standard InChI is InChI=1S/C14H19N3O2S/c1-5-17-12(4)14(11(3)15-17)20(18,19)16-13-8-6-10(2)7-9-13/h6-9,16H,5H2,1-4H3. The highest BCUT2D eigenvalue weighted by Gasteiger charge is 2.24. The van der Waals surface area contributed by atoms with Crippen LogP contribution >= 0.6 is 0 Å². The number of nitrogens with one attached hydrogen (secondary N) is 1. The lowest BCUT2D eigenvalue weighted by Gasteiger charge is -2.09. The second-order valence-corrected chi connectivity index (χ2v) is 6.41. The molecule has 0 spiro atoms. The fourth-order valence-corrected chi connectivity index (χ4v) is 3.68. The average molecular weight is 293 g/mol. The maximum atomic E-state index is 12.5. The molecular formula is C14H19N3O2S. The van der Waals surface area contributed by atoms with Gasteiger partial charge in [-0.25, -0.2) is 8.42 Å². The molecule has 1 aromatic carbocycles. The smallest absolute Gasteiger partial charge is 0.265 e. The topological polar surface area (TPSA) is 64.0 Å². The average Bonchev–Trinajstić information content (AvgIpc) is 2.67. The number of hydrogen-bond donors (Lipinski definition) is 1. The summed E-state index contributed by atoms with van der Waals surface area (Å²) >= 11 is 0. The van der Waals surface area contributed by atoms with E-state index in [1.54, 1.807) is 30.7 Å². The highest BCUT2D eigenvalue weighted by atomic mass is 32.2. The summed E-state index contributed by atoms with van der Waals surface area (Å²) in [6, 6.07) is 7.24. The third kappa shape index (κ3) is 2.70. The molecule has 5 nitrogen and oxygen atoms in total. The predicted molar refractivity (Wildman–Crippen MR) is 79.4 cm³/mol. The molecule has 2 aromatic rings. The Hall–Kier alpha value is -1.82. The van der Waals surface area contributed by atoms with E-state index in [0.717, 1.165) is 5.56 Å². The summed E-state index contributed by atoms with van der Waals surface area (Å²) in [5.74, 6) is 0. The molecule has 0 unspecified atom stereocenters. The molecule has 6 heteroatoms. The van der Waals surface area contributed by atoms with Crippen LogP contribution in [-0.4, -0.2) is 18.2 Å². The van der Waals surface area contributed by atoms with Crippen molar-refractivity contribution in [3.8, 4) is 0 Å². The van der Waals surface area contributed by atoms with Crippen molar-refractivity contribution in [1.82, 2.24) is 9.78 Å². The van der Waals surface area contributed by atoms with Crippen molar-refractivity contribution in [1.29, 1.82) is 0 Å². The van der Waals surface area contributed by atoms with Crippen LogP contribution in [0.4, 0.5) is 5.69 Å². The van der Waals surface area contributed by atoms with Crippen molar-refractivity contribution >= 4 is 15.7 Å². The molecule has 0 radical (unpaired) electrons. The first-order chi connectivity index (χ1) is 9.35. The second kappa shape index (κ2) is 5.28. The molecule has 0 amide bonds. The Bertz CT molecular complexity index is 716. The van der Waals surface area contributed by atoms with Crippen molar-refractivity contribution in [2.75, 3.05) is 4.72 Å². The van der Waals surface area contributed by atoms with Gasteiger partial charge < -0.3 is 0 Å². The van der Waals surface area contributed by atoms with Crippen LogP contribution in [0.1, 0.15) is 23.9 Å². The van der Waals surface area contributed by atoms with Crippen LogP contribution in [0.3, 0.4) is 0 Å². The first kappa shape index (κ1) is 14.6. The summed E-state index contributed by atoms with van der Waals surface area (Å²) in [4.78, 5) is 0.264. The minimum Gasteiger partial charge on any atom is -0.280 e. The Morgan fingerprint density at radius 2 is 1.75 bits per heavy atom. The third-order valence-corrected chi connectivity index (χ3v) is 4.82. The molecule has 0 bridgehead atoms. The van der Waals surface area contributed by atoms with Crippen molar-refractivity contribution in [2.24, 2.45) is 0 Å². The monoisotopic (exact) mass is 293 g/mol. The molecule has 0 fully saturated rings. The van der Waals surface area contributed by atoms with Crippen molar-refractivity contribution < 1.29 is 8.42 Å². The lowest BCUT2D eigenvalue weighted by atomic mass is 10.2. The van der Waals surface area contributed by atoms with Gasteiger partial charge >= 0.3 is 0 Å². The van der Waals surface area contributed by atoms with Gasteiger partial charge in [-0.1, -0.05) is 17.7 Å². The number of hydrogen-bond acceptors (Lipinski definition) is 3. The number of aromatic nitrogens is 2. The lowest BCUT2D eigenvalue weighted by Crippen LogP contribution is -2.15. The normalized spacial score (nSPS) is 11.6. The van der Waals surface area contributed by atoms with Crippen molar-refractivity contribution in [3.63, 3.8) is 0 Å². The van der Waals surface area contributed by atoms with Crippen LogP contribution in [-0.2, 0) is 16.6 Å². The maximum absolute atomic E-state index is 12.5. The highest BCUT2D eigenvalue weighted by molar-refractivity contribution is 7.92. The van der Waals surface area contributed by atoms with Crippen LogP contribution in [0.2, 0.25) is 0 Å². The summed E-state index contributed by atoms with van der Waals surface area (Å²) < 4.78 is 29.3. The number of rotatable bonds is 4. The summed E-state index contributed by atoms with van der Waals surface area (Å²) in [5.41, 5.74) is 2.81. The van der Waals surface area contributed by atoms with Gasteiger partial charge in [-0.2, -0.15) is 5.10 Å². The molecule has 0 atom stereocenters. The van der Waals surface area contributed by atoms with Gasteiger partial charge in [-0.05, 0) is 39.8 Å². The largest absolute Gasteiger partial charge is 0.280 e. The number of anilines is 1. The zero-order valence-electron chi connectivity index (χ0n) is 12.1. The fraction of sp³-hybridized carbons (Fsp3) is 0.357. The van der Waals surface area contributed by atoms with Crippen LogP contribution in [0.5, 0.6) is 0 Å². The van der Waals surface area contributed by atoms with E-state index in [0.29, 0.717) is 23.6 Å². The van der Waals surface area contributed by atoms with E-state index in [2.05, 4.69) is 9.82 Å². The van der Waals surface area contributed by atoms with E-state index in [1.807, 2.05) is 26.0 Å². The summed E-state index contributed by atoms with van der Waals surface area (Å²) in [6.07, 6.45) is 0. The van der Waals surface area contributed by atoms with Gasteiger partial charge in [0.2, 0.25) is 0 Å². The van der Waals surface area contributed by atoms with Gasteiger partial charge in [0.25, 0.3) is 10.0 Å². The molecular weight excluding hydrogens is 274 g/mol. The fourth-order valence-electron chi connectivity index (χ4n) is 2.21. The van der Waals surface area contributed by atoms with Crippen LogP contribution < -0.4 is 4.72 Å². The van der Waals surface area contributed by atoms with Crippen LogP contribution in [0.15, 0.2) is 29.2 Å². The summed E-state index contributed by atoms with van der Waals surface area (Å²) in [6.45, 7) is 8.02. The van der Waals surface area contributed by atoms with E-state index in [1.165, 1.54) is 0 Å². The number of aryl methyl sites for hydroxylation is 3.